The Labute approximate surface area is 49.0 Å². The van der Waals surface area contributed by atoms with Gasteiger partial charge in [-0.25, -0.2) is 0 Å². The first kappa shape index (κ1) is 7.68. The van der Waals surface area contributed by atoms with E-state index in [0.717, 1.165) is 0 Å². The van der Waals surface area contributed by atoms with E-state index in [9.17, 15) is 0 Å². The lowest BCUT2D eigenvalue weighted by Crippen LogP contribution is -2.08. The van der Waals surface area contributed by atoms with Crippen molar-refractivity contribution in [2.75, 3.05) is 6.54 Å². The molecule has 46 valence electrons. The van der Waals surface area contributed by atoms with Gasteiger partial charge in [0, 0.05) is 6.54 Å². The zero-order chi connectivity index (χ0) is 6.41. The minimum Gasteiger partial charge on any atom is -0.427 e. The summed E-state index contributed by atoms with van der Waals surface area (Å²) in [4.78, 5) is 0. The Bertz CT molecular complexity index is 74.4. The predicted octanol–water partition coefficient (Wildman–Crippen LogP) is -1.03. The smallest absolute Gasteiger partial charge is 0.427 e. The number of rotatable bonds is 3. The first-order valence-corrected chi connectivity index (χ1v) is 2.48. The van der Waals surface area contributed by atoms with Gasteiger partial charge < -0.3 is 15.8 Å². The Kier molecular flexibility index (Phi) is 4.64. The number of allylic oxidation sites excluding steroid dienone is 1. The van der Waals surface area contributed by atoms with Crippen LogP contribution in [0.3, 0.4) is 0 Å². The van der Waals surface area contributed by atoms with E-state index < -0.39 is 7.12 Å². The molecule has 0 atom stereocenters. The average Bonchev–Trinajstić information content (AvgIpc) is 1.66. The van der Waals surface area contributed by atoms with E-state index in [2.05, 4.69) is 0 Å². The lowest BCUT2D eigenvalue weighted by atomic mass is 9.86. The largest absolute Gasteiger partial charge is 0.455 e. The van der Waals surface area contributed by atoms with Crippen LogP contribution in [-0.2, 0) is 0 Å². The van der Waals surface area contributed by atoms with Crippen LogP contribution in [0, 0.1) is 0 Å². The molecule has 0 aromatic carbocycles. The van der Waals surface area contributed by atoms with E-state index >= 15 is 0 Å². The van der Waals surface area contributed by atoms with Gasteiger partial charge >= 0.3 is 7.12 Å². The fourth-order valence-corrected chi connectivity index (χ4v) is 0.314. The van der Waals surface area contributed by atoms with Gasteiger partial charge in [-0.1, -0.05) is 12.2 Å². The van der Waals surface area contributed by atoms with E-state index in [1.165, 1.54) is 0 Å². The quantitative estimate of drug-likeness (QED) is 0.325. The van der Waals surface area contributed by atoms with Crippen LogP contribution in [-0.4, -0.2) is 23.7 Å². The molecule has 0 fully saturated rings. The molecule has 8 heavy (non-hydrogen) atoms. The fourth-order valence-electron chi connectivity index (χ4n) is 0.314. The molecule has 0 aliphatic heterocycles. The van der Waals surface area contributed by atoms with Gasteiger partial charge in [-0.15, -0.1) is 0 Å². The van der Waals surface area contributed by atoms with Crippen LogP contribution in [0.1, 0.15) is 0 Å². The van der Waals surface area contributed by atoms with Gasteiger partial charge in [0.2, 0.25) is 0 Å². The molecule has 0 saturated carbocycles. The summed E-state index contributed by atoms with van der Waals surface area (Å²) in [6, 6.07) is 0. The van der Waals surface area contributed by atoms with Crippen LogP contribution in [0.2, 0.25) is 6.32 Å². The summed E-state index contributed by atoms with van der Waals surface area (Å²) in [6.07, 6.45) is 3.57. The summed E-state index contributed by atoms with van der Waals surface area (Å²) in [7, 11) is -1.24. The predicted molar refractivity (Wildman–Crippen MR) is 33.2 cm³/mol. The van der Waals surface area contributed by atoms with E-state index in [-0.39, 0.29) is 6.32 Å². The Morgan fingerprint density at radius 3 is 2.38 bits per heavy atom. The van der Waals surface area contributed by atoms with Crippen LogP contribution in [0.4, 0.5) is 0 Å². The third-order valence-corrected chi connectivity index (χ3v) is 0.650. The molecule has 0 radical (unpaired) electrons. The molecule has 0 spiro atoms. The van der Waals surface area contributed by atoms with Gasteiger partial charge in [-0.05, 0) is 6.32 Å². The highest BCUT2D eigenvalue weighted by Gasteiger charge is 1.99. The van der Waals surface area contributed by atoms with Crippen molar-refractivity contribution in [3.63, 3.8) is 0 Å². The van der Waals surface area contributed by atoms with Crippen LogP contribution < -0.4 is 5.73 Å². The molecule has 0 amide bonds. The average molecular weight is 115 g/mol. The van der Waals surface area contributed by atoms with E-state index in [0.29, 0.717) is 6.54 Å². The maximum atomic E-state index is 8.24. The topological polar surface area (TPSA) is 66.5 Å². The molecular formula is C4H10BNO2. The molecule has 0 aromatic rings. The highest BCUT2D eigenvalue weighted by Crippen LogP contribution is 1.83. The van der Waals surface area contributed by atoms with E-state index in [1.807, 2.05) is 0 Å². The number of hydrogen-bond donors (Lipinski definition) is 3. The highest BCUT2D eigenvalue weighted by atomic mass is 16.4. The molecule has 0 aliphatic carbocycles. The summed E-state index contributed by atoms with van der Waals surface area (Å²) in [5.41, 5.74) is 5.06. The van der Waals surface area contributed by atoms with Gasteiger partial charge in [0.05, 0.1) is 0 Å². The minimum absolute atomic E-state index is 0.261. The van der Waals surface area contributed by atoms with Gasteiger partial charge in [0.25, 0.3) is 0 Å². The lowest BCUT2D eigenvalue weighted by Gasteiger charge is -1.86. The molecule has 3 nitrogen and oxygen atoms in total. The van der Waals surface area contributed by atoms with Crippen LogP contribution >= 0.6 is 0 Å². The minimum atomic E-state index is -1.24. The van der Waals surface area contributed by atoms with Crippen molar-refractivity contribution in [3.05, 3.63) is 12.2 Å². The van der Waals surface area contributed by atoms with Crippen molar-refractivity contribution in [2.24, 2.45) is 5.73 Å². The Balaban J connectivity index is 3.03. The highest BCUT2D eigenvalue weighted by molar-refractivity contribution is 6.41. The summed E-state index contributed by atoms with van der Waals surface area (Å²) in [6.45, 7) is 0.451. The molecule has 4 N–H and O–H groups in total. The molecule has 0 unspecified atom stereocenters. The summed E-state index contributed by atoms with van der Waals surface area (Å²) < 4.78 is 0. The summed E-state index contributed by atoms with van der Waals surface area (Å²) in [5, 5.41) is 16.5. The molecule has 0 aliphatic rings. The molecule has 0 aromatic heterocycles. The monoisotopic (exact) mass is 115 g/mol. The van der Waals surface area contributed by atoms with Gasteiger partial charge in [0.15, 0.2) is 0 Å². The SMILES string of the molecule is NCC=CCB(O)O. The molecule has 0 bridgehead atoms. The normalized spacial score (nSPS) is 10.4. The second kappa shape index (κ2) is 4.83. The number of hydrogen-bond acceptors (Lipinski definition) is 3. The molecule has 0 heterocycles. The maximum absolute atomic E-state index is 8.24. The maximum Gasteiger partial charge on any atom is 0.455 e. The second-order valence-corrected chi connectivity index (χ2v) is 1.42. The zero-order valence-electron chi connectivity index (χ0n) is 4.62. The lowest BCUT2D eigenvalue weighted by molar-refractivity contribution is 0.411. The van der Waals surface area contributed by atoms with E-state index in [1.54, 1.807) is 12.2 Å². The molecular weight excluding hydrogens is 105 g/mol. The van der Waals surface area contributed by atoms with Crippen molar-refractivity contribution >= 4 is 7.12 Å². The van der Waals surface area contributed by atoms with E-state index in [4.69, 9.17) is 15.8 Å². The van der Waals surface area contributed by atoms with Gasteiger partial charge in [-0.3, -0.25) is 0 Å². The zero-order valence-corrected chi connectivity index (χ0v) is 4.62. The van der Waals surface area contributed by atoms with Crippen molar-refractivity contribution in [1.29, 1.82) is 0 Å². The standard InChI is InChI=1S/C4H10BNO2/c6-4-2-1-3-5(7)8/h1-2,7-8H,3-4,6H2. The van der Waals surface area contributed by atoms with Crippen molar-refractivity contribution in [2.45, 2.75) is 6.32 Å². The third-order valence-electron chi connectivity index (χ3n) is 0.650. The third kappa shape index (κ3) is 5.68. The molecule has 4 heteroatoms. The number of nitrogens with two attached hydrogens (primary N) is 1. The first-order valence-electron chi connectivity index (χ1n) is 2.48. The summed E-state index contributed by atoms with van der Waals surface area (Å²) >= 11 is 0. The van der Waals surface area contributed by atoms with Crippen LogP contribution in [0.25, 0.3) is 0 Å². The van der Waals surface area contributed by atoms with Gasteiger partial charge in [-0.2, -0.15) is 0 Å². The van der Waals surface area contributed by atoms with Crippen LogP contribution in [0.15, 0.2) is 12.2 Å². The van der Waals surface area contributed by atoms with Crippen molar-refractivity contribution in [1.82, 2.24) is 0 Å². The van der Waals surface area contributed by atoms with Crippen molar-refractivity contribution < 1.29 is 10.0 Å². The van der Waals surface area contributed by atoms with Crippen molar-refractivity contribution in [3.8, 4) is 0 Å². The molecule has 0 rings (SSSR count). The Morgan fingerprint density at radius 2 is 2.00 bits per heavy atom. The molecule has 0 saturated heterocycles. The second-order valence-electron chi connectivity index (χ2n) is 1.42. The Morgan fingerprint density at radius 1 is 1.38 bits per heavy atom. The van der Waals surface area contributed by atoms with Crippen LogP contribution in [0.5, 0.6) is 0 Å². The fraction of sp³-hybridized carbons (Fsp3) is 0.500. The van der Waals surface area contributed by atoms with Gasteiger partial charge in [0.1, 0.15) is 0 Å². The summed E-state index contributed by atoms with van der Waals surface area (Å²) in [5.74, 6) is 0. The Hall–Kier alpha value is -0.315. The first-order chi connectivity index (χ1) is 3.77.